The van der Waals surface area contributed by atoms with E-state index in [4.69, 9.17) is 9.47 Å². The van der Waals surface area contributed by atoms with Gasteiger partial charge in [0.25, 0.3) is 0 Å². The van der Waals surface area contributed by atoms with Crippen molar-refractivity contribution in [1.82, 2.24) is 9.88 Å². The Morgan fingerprint density at radius 2 is 1.62 bits per heavy atom. The summed E-state index contributed by atoms with van der Waals surface area (Å²) in [5.74, 6) is 1.48. The fourth-order valence-electron chi connectivity index (χ4n) is 4.88. The van der Waals surface area contributed by atoms with E-state index >= 15 is 0 Å². The number of hydrogen-bond acceptors (Lipinski definition) is 4. The highest BCUT2D eigenvalue weighted by atomic mass is 16.5. The Balaban J connectivity index is 1.39. The molecule has 2 heterocycles. The quantitative estimate of drug-likeness (QED) is 0.311. The lowest BCUT2D eigenvalue weighted by Gasteiger charge is -2.24. The van der Waals surface area contributed by atoms with Crippen molar-refractivity contribution < 1.29 is 9.47 Å². The molecule has 0 atom stereocenters. The summed E-state index contributed by atoms with van der Waals surface area (Å²) in [6.45, 7) is 8.95. The molecule has 0 saturated heterocycles. The van der Waals surface area contributed by atoms with Gasteiger partial charge < -0.3 is 9.47 Å². The molecule has 4 heteroatoms. The first kappa shape index (κ1) is 25.2. The molecular weight excluding hydrogens is 456 g/mol. The Labute approximate surface area is 220 Å². The highest BCUT2D eigenvalue weighted by Crippen LogP contribution is 2.29. The molecule has 0 N–H and O–H groups in total. The van der Waals surface area contributed by atoms with E-state index in [1.54, 1.807) is 0 Å². The number of benzene rings is 3. The van der Waals surface area contributed by atoms with Gasteiger partial charge in [0.15, 0.2) is 0 Å². The zero-order chi connectivity index (χ0) is 25.5. The third-order valence-corrected chi connectivity index (χ3v) is 6.96. The lowest BCUT2D eigenvalue weighted by Crippen LogP contribution is -2.27. The molecule has 1 aliphatic rings. The van der Waals surface area contributed by atoms with Crippen molar-refractivity contribution in [2.75, 3.05) is 26.4 Å². The Hall–Kier alpha value is -3.47. The largest absolute Gasteiger partial charge is 0.491 e. The van der Waals surface area contributed by atoms with Gasteiger partial charge in [0, 0.05) is 38.4 Å². The Bertz CT molecular complexity index is 1290. The van der Waals surface area contributed by atoms with Crippen molar-refractivity contribution in [3.05, 3.63) is 119 Å². The second-order valence-electron chi connectivity index (χ2n) is 10.1. The van der Waals surface area contributed by atoms with Crippen LogP contribution in [0.2, 0.25) is 0 Å². The van der Waals surface area contributed by atoms with E-state index < -0.39 is 0 Å². The number of nitrogens with zero attached hydrogens (tertiary/aromatic N) is 2. The zero-order valence-corrected chi connectivity index (χ0v) is 21.9. The van der Waals surface area contributed by atoms with Gasteiger partial charge in [0.05, 0.1) is 13.2 Å². The monoisotopic (exact) mass is 492 g/mol. The first-order chi connectivity index (χ1) is 18.1. The predicted octanol–water partition coefficient (Wildman–Crippen LogP) is 6.87. The molecule has 0 spiro atoms. The smallest absolute Gasteiger partial charge is 0.122 e. The minimum Gasteiger partial charge on any atom is -0.491 e. The average molecular weight is 493 g/mol. The summed E-state index contributed by atoms with van der Waals surface area (Å²) in [4.78, 5) is 6.64. The number of pyridine rings is 1. The summed E-state index contributed by atoms with van der Waals surface area (Å²) in [6.07, 6.45) is 4.49. The first-order valence-corrected chi connectivity index (χ1v) is 13.3. The maximum atomic E-state index is 6.20. The van der Waals surface area contributed by atoms with E-state index in [-0.39, 0.29) is 0 Å². The topological polar surface area (TPSA) is 34.6 Å². The maximum Gasteiger partial charge on any atom is 0.122 e. The van der Waals surface area contributed by atoms with E-state index in [1.165, 1.54) is 33.4 Å². The average Bonchev–Trinajstić information content (AvgIpc) is 2.92. The van der Waals surface area contributed by atoms with Crippen molar-refractivity contribution in [2.45, 2.75) is 39.3 Å². The maximum absolute atomic E-state index is 6.20. The highest BCUT2D eigenvalue weighted by molar-refractivity contribution is 5.65. The van der Waals surface area contributed by atoms with Gasteiger partial charge in [0.2, 0.25) is 0 Å². The molecule has 2 bridgehead atoms. The molecule has 0 fully saturated rings. The van der Waals surface area contributed by atoms with Gasteiger partial charge in [0.1, 0.15) is 12.4 Å². The number of aromatic nitrogens is 1. The van der Waals surface area contributed by atoms with Gasteiger partial charge in [-0.05, 0) is 69.1 Å². The third-order valence-electron chi connectivity index (χ3n) is 6.96. The number of rotatable bonds is 4. The van der Waals surface area contributed by atoms with Crippen LogP contribution >= 0.6 is 0 Å². The lowest BCUT2D eigenvalue weighted by atomic mass is 9.97. The van der Waals surface area contributed by atoms with Crippen LogP contribution in [0.25, 0.3) is 11.1 Å². The van der Waals surface area contributed by atoms with Gasteiger partial charge in [-0.15, -0.1) is 0 Å². The van der Waals surface area contributed by atoms with Crippen LogP contribution in [0.5, 0.6) is 5.75 Å². The number of ether oxygens (including phenoxy) is 2. The molecule has 1 aromatic heterocycles. The molecule has 0 unspecified atom stereocenters. The predicted molar refractivity (Wildman–Crippen MR) is 150 cm³/mol. The van der Waals surface area contributed by atoms with Crippen LogP contribution in [0.1, 0.15) is 47.6 Å². The van der Waals surface area contributed by atoms with Crippen LogP contribution in [-0.2, 0) is 24.2 Å². The van der Waals surface area contributed by atoms with Crippen LogP contribution in [0.4, 0.5) is 0 Å². The van der Waals surface area contributed by atoms with Crippen molar-refractivity contribution in [3.8, 4) is 16.9 Å². The molecular formula is C33H36N2O2. The van der Waals surface area contributed by atoms with Gasteiger partial charge in [-0.25, -0.2) is 0 Å². The van der Waals surface area contributed by atoms with Crippen molar-refractivity contribution >= 4 is 0 Å². The second-order valence-corrected chi connectivity index (χ2v) is 10.1. The van der Waals surface area contributed by atoms with Crippen molar-refractivity contribution in [2.24, 2.45) is 0 Å². The summed E-state index contributed by atoms with van der Waals surface area (Å²) >= 11 is 0. The molecule has 3 aromatic carbocycles. The van der Waals surface area contributed by atoms with Crippen molar-refractivity contribution in [1.29, 1.82) is 0 Å². The van der Waals surface area contributed by atoms with E-state index in [1.807, 2.05) is 24.5 Å². The lowest BCUT2D eigenvalue weighted by molar-refractivity contribution is 0.0757. The minimum atomic E-state index is 0.540. The van der Waals surface area contributed by atoms with E-state index in [9.17, 15) is 0 Å². The molecule has 5 rings (SSSR count). The summed E-state index contributed by atoms with van der Waals surface area (Å²) in [7, 11) is 0. The SMILES string of the molecule is CC(C)c1ccc(CN2CCOCCOc3ccc(-c4ccncc4)cc3Cc3cccc(c3)C2)cc1. The van der Waals surface area contributed by atoms with Gasteiger partial charge in [-0.2, -0.15) is 0 Å². The minimum absolute atomic E-state index is 0.540. The molecule has 37 heavy (non-hydrogen) atoms. The van der Waals surface area contributed by atoms with E-state index in [2.05, 4.69) is 90.5 Å². The summed E-state index contributed by atoms with van der Waals surface area (Å²) < 4.78 is 12.2. The highest BCUT2D eigenvalue weighted by Gasteiger charge is 2.12. The van der Waals surface area contributed by atoms with Crippen molar-refractivity contribution in [3.63, 3.8) is 0 Å². The fourth-order valence-corrected chi connectivity index (χ4v) is 4.88. The Morgan fingerprint density at radius 3 is 2.43 bits per heavy atom. The van der Waals surface area contributed by atoms with Crippen LogP contribution < -0.4 is 4.74 Å². The molecule has 0 radical (unpaired) electrons. The number of fused-ring (bicyclic) bond motifs is 3. The molecule has 0 amide bonds. The molecule has 0 aliphatic carbocycles. The third kappa shape index (κ3) is 6.85. The molecule has 190 valence electrons. The van der Waals surface area contributed by atoms with Crippen LogP contribution in [0.3, 0.4) is 0 Å². The summed E-state index contributed by atoms with van der Waals surface area (Å²) in [5, 5.41) is 0. The Kier molecular flexibility index (Phi) is 8.29. The molecule has 4 aromatic rings. The number of hydrogen-bond donors (Lipinski definition) is 0. The zero-order valence-electron chi connectivity index (χ0n) is 21.9. The van der Waals surface area contributed by atoms with Crippen LogP contribution in [0.15, 0.2) is 91.3 Å². The summed E-state index contributed by atoms with van der Waals surface area (Å²) in [6, 6.07) is 28.6. The molecule has 0 saturated carbocycles. The first-order valence-electron chi connectivity index (χ1n) is 13.3. The standard InChI is InChI=1S/C33H36N2O2/c1-25(2)29-8-6-26(7-9-29)23-35-16-17-36-18-19-37-33-11-10-31(30-12-14-34-15-13-30)22-32(33)21-27-4-3-5-28(20-27)24-35/h3-15,20,22,25H,16-19,21,23-24H2,1-2H3. The normalized spacial score (nSPS) is 15.0. The van der Waals surface area contributed by atoms with E-state index in [0.717, 1.165) is 37.4 Å². The fraction of sp³-hybridized carbons (Fsp3) is 0.303. The van der Waals surface area contributed by atoms with Crippen LogP contribution in [-0.4, -0.2) is 36.2 Å². The summed E-state index contributed by atoms with van der Waals surface area (Å²) in [5.41, 5.74) is 8.85. The van der Waals surface area contributed by atoms with Gasteiger partial charge in [-0.3, -0.25) is 9.88 Å². The molecule has 1 aliphatic heterocycles. The van der Waals surface area contributed by atoms with Gasteiger partial charge in [-0.1, -0.05) is 68.4 Å². The van der Waals surface area contributed by atoms with Crippen LogP contribution in [0, 0.1) is 0 Å². The molecule has 4 nitrogen and oxygen atoms in total. The second kappa shape index (κ2) is 12.2. The van der Waals surface area contributed by atoms with E-state index in [0.29, 0.717) is 25.7 Å². The van der Waals surface area contributed by atoms with Gasteiger partial charge >= 0.3 is 0 Å². The Morgan fingerprint density at radius 1 is 0.811 bits per heavy atom.